The van der Waals surface area contributed by atoms with Crippen LogP contribution in [0.1, 0.15) is 16.7 Å². The second-order valence-electron chi connectivity index (χ2n) is 7.98. The summed E-state index contributed by atoms with van der Waals surface area (Å²) in [5.41, 5.74) is 5.62. The largest absolute Gasteiger partial charge is 0.249 e. The summed E-state index contributed by atoms with van der Waals surface area (Å²) in [6, 6.07) is 23.9. The van der Waals surface area contributed by atoms with E-state index in [0.29, 0.717) is 9.80 Å². The first kappa shape index (κ1) is 26.3. The highest BCUT2D eigenvalue weighted by atomic mass is 32.2. The van der Waals surface area contributed by atoms with Crippen LogP contribution in [0.25, 0.3) is 6.08 Å². The van der Waals surface area contributed by atoms with Gasteiger partial charge in [0.1, 0.15) is 0 Å². The summed E-state index contributed by atoms with van der Waals surface area (Å²) in [6.45, 7) is 7.67. The number of benzene rings is 3. The molecule has 0 radical (unpaired) electrons. The third kappa shape index (κ3) is 7.35. The van der Waals surface area contributed by atoms with Gasteiger partial charge < -0.3 is 0 Å². The molecule has 35 heavy (non-hydrogen) atoms. The zero-order valence-electron chi connectivity index (χ0n) is 19.9. The Morgan fingerprint density at radius 1 is 0.914 bits per heavy atom. The first-order chi connectivity index (χ1) is 16.8. The molecule has 0 aromatic heterocycles. The van der Waals surface area contributed by atoms with Crippen molar-refractivity contribution in [3.05, 3.63) is 131 Å². The van der Waals surface area contributed by atoms with E-state index in [-0.39, 0.29) is 18.0 Å². The van der Waals surface area contributed by atoms with Crippen LogP contribution < -0.4 is 0 Å². The van der Waals surface area contributed by atoms with Crippen molar-refractivity contribution >= 4 is 26.9 Å². The molecule has 0 saturated heterocycles. The van der Waals surface area contributed by atoms with Gasteiger partial charge in [0.05, 0.1) is 15.7 Å². The van der Waals surface area contributed by atoms with Crippen LogP contribution in [0, 0.1) is 13.8 Å². The van der Waals surface area contributed by atoms with Crippen molar-refractivity contribution in [1.29, 1.82) is 0 Å². The lowest BCUT2D eigenvalue weighted by Crippen LogP contribution is -2.31. The summed E-state index contributed by atoms with van der Waals surface area (Å²) in [5.74, 6) is 0. The Bertz CT molecular complexity index is 1370. The van der Waals surface area contributed by atoms with E-state index in [9.17, 15) is 12.6 Å². The van der Waals surface area contributed by atoms with E-state index in [1.165, 1.54) is 4.31 Å². The van der Waals surface area contributed by atoms with Crippen LogP contribution in [0.3, 0.4) is 0 Å². The van der Waals surface area contributed by atoms with Crippen molar-refractivity contribution < 1.29 is 12.6 Å². The molecule has 3 aromatic carbocycles. The van der Waals surface area contributed by atoms with Crippen molar-refractivity contribution in [3.8, 4) is 0 Å². The highest BCUT2D eigenvalue weighted by Crippen LogP contribution is 2.21. The van der Waals surface area contributed by atoms with E-state index in [0.717, 1.165) is 16.7 Å². The molecule has 6 heteroatoms. The van der Waals surface area contributed by atoms with E-state index in [4.69, 9.17) is 0 Å². The minimum Gasteiger partial charge on any atom is -0.249 e. The van der Waals surface area contributed by atoms with E-state index in [1.807, 2.05) is 74.5 Å². The van der Waals surface area contributed by atoms with Crippen LogP contribution in [0.15, 0.2) is 124 Å². The maximum atomic E-state index is 13.4. The third-order valence-electron chi connectivity index (χ3n) is 5.25. The van der Waals surface area contributed by atoms with Crippen LogP contribution in [0.2, 0.25) is 0 Å². The van der Waals surface area contributed by atoms with Crippen LogP contribution in [0.5, 0.6) is 0 Å². The second-order valence-corrected chi connectivity index (χ2v) is 11.4. The molecule has 0 spiro atoms. The lowest BCUT2D eigenvalue weighted by atomic mass is 10.2. The van der Waals surface area contributed by atoms with E-state index >= 15 is 0 Å². The molecule has 0 saturated carbocycles. The van der Waals surface area contributed by atoms with Crippen molar-refractivity contribution in [2.75, 3.05) is 13.1 Å². The Labute approximate surface area is 211 Å². The van der Waals surface area contributed by atoms with Crippen molar-refractivity contribution in [2.45, 2.75) is 23.6 Å². The van der Waals surface area contributed by atoms with Crippen molar-refractivity contribution in [2.24, 2.45) is 0 Å². The maximum Gasteiger partial charge on any atom is 0.243 e. The molecule has 3 rings (SSSR count). The number of rotatable bonds is 10. The molecule has 0 unspecified atom stereocenters. The Kier molecular flexibility index (Phi) is 9.35. The molecule has 0 aliphatic rings. The van der Waals surface area contributed by atoms with Crippen LogP contribution in [0.4, 0.5) is 0 Å². The van der Waals surface area contributed by atoms with Gasteiger partial charge in [0.15, 0.2) is 0 Å². The number of sulfonamides is 1. The number of hydrogen-bond acceptors (Lipinski definition) is 3. The third-order valence-corrected chi connectivity index (χ3v) is 8.48. The highest BCUT2D eigenvalue weighted by molar-refractivity contribution is 7.89. The Morgan fingerprint density at radius 2 is 1.51 bits per heavy atom. The SMILES string of the molecule is C=C=CCN(C/C=C/C(=C/c1ccccc1)[S@@](=O)c1ccc(C)cc1)S(=O)(=O)c1ccc(C)cc1. The molecule has 1 atom stereocenters. The fourth-order valence-electron chi connectivity index (χ4n) is 3.26. The standard InChI is InChI=1S/C29H29NO3S2/c1-4-5-21-30(35(32,33)29-19-15-25(3)16-20-29)22-9-12-28(23-26-10-7-6-8-11-26)34(31)27-17-13-24(2)14-18-27/h5-20,23H,1,21-22H2,2-3H3/b12-9+,28-23-/t34-/m0/s1. The molecule has 0 heterocycles. The lowest BCUT2D eigenvalue weighted by Gasteiger charge is -2.19. The zero-order valence-corrected chi connectivity index (χ0v) is 21.6. The molecular weight excluding hydrogens is 474 g/mol. The first-order valence-corrected chi connectivity index (χ1v) is 13.7. The van der Waals surface area contributed by atoms with Gasteiger partial charge in [0, 0.05) is 22.9 Å². The van der Waals surface area contributed by atoms with Crippen molar-refractivity contribution in [3.63, 3.8) is 0 Å². The minimum absolute atomic E-state index is 0.103. The summed E-state index contributed by atoms with van der Waals surface area (Å²) in [6.07, 6.45) is 6.89. The van der Waals surface area contributed by atoms with Gasteiger partial charge in [-0.25, -0.2) is 12.6 Å². The van der Waals surface area contributed by atoms with E-state index in [1.54, 1.807) is 42.5 Å². The maximum absolute atomic E-state index is 13.4. The fourth-order valence-corrected chi connectivity index (χ4v) is 5.71. The lowest BCUT2D eigenvalue weighted by molar-refractivity contribution is 0.474. The molecule has 0 aliphatic heterocycles. The zero-order chi connectivity index (χ0) is 25.3. The van der Waals surface area contributed by atoms with Crippen LogP contribution >= 0.6 is 0 Å². The normalized spacial score (nSPS) is 13.1. The fraction of sp³-hybridized carbons (Fsp3) is 0.138. The molecule has 0 bridgehead atoms. The quantitative estimate of drug-likeness (QED) is 0.250. The molecule has 0 fully saturated rings. The average molecular weight is 504 g/mol. The van der Waals surface area contributed by atoms with Gasteiger partial charge >= 0.3 is 0 Å². The monoisotopic (exact) mass is 503 g/mol. The molecule has 3 aromatic rings. The molecular formula is C29H29NO3S2. The summed E-state index contributed by atoms with van der Waals surface area (Å²) in [5, 5.41) is 0. The predicted molar refractivity (Wildman–Crippen MR) is 145 cm³/mol. The smallest absolute Gasteiger partial charge is 0.243 e. The summed E-state index contributed by atoms with van der Waals surface area (Å²) in [4.78, 5) is 1.48. The second kappa shape index (κ2) is 12.4. The Morgan fingerprint density at radius 3 is 2.11 bits per heavy atom. The number of allylic oxidation sites excluding steroid dienone is 1. The van der Waals surface area contributed by atoms with Gasteiger partial charge in [-0.3, -0.25) is 0 Å². The van der Waals surface area contributed by atoms with Gasteiger partial charge in [-0.2, -0.15) is 4.31 Å². The number of nitrogens with zero attached hydrogens (tertiary/aromatic N) is 1. The molecule has 0 aliphatic carbocycles. The minimum atomic E-state index is -3.74. The molecule has 0 amide bonds. The van der Waals surface area contributed by atoms with Gasteiger partial charge in [0.2, 0.25) is 10.0 Å². The van der Waals surface area contributed by atoms with Gasteiger partial charge in [-0.15, -0.1) is 5.73 Å². The molecule has 0 N–H and O–H groups in total. The van der Waals surface area contributed by atoms with Gasteiger partial charge in [-0.05, 0) is 61.9 Å². The predicted octanol–water partition coefficient (Wildman–Crippen LogP) is 6.04. The summed E-state index contributed by atoms with van der Waals surface area (Å²) >= 11 is 0. The summed E-state index contributed by atoms with van der Waals surface area (Å²) in [7, 11) is -5.17. The highest BCUT2D eigenvalue weighted by Gasteiger charge is 2.22. The number of hydrogen-bond donors (Lipinski definition) is 0. The average Bonchev–Trinajstić information content (AvgIpc) is 2.86. The van der Waals surface area contributed by atoms with Gasteiger partial charge in [0.25, 0.3) is 0 Å². The Balaban J connectivity index is 1.92. The van der Waals surface area contributed by atoms with Crippen LogP contribution in [-0.2, 0) is 20.8 Å². The number of aryl methyl sites for hydroxylation is 2. The van der Waals surface area contributed by atoms with Crippen molar-refractivity contribution in [1.82, 2.24) is 4.31 Å². The summed E-state index contributed by atoms with van der Waals surface area (Å²) < 4.78 is 41.2. The van der Waals surface area contributed by atoms with Crippen LogP contribution in [-0.4, -0.2) is 30.0 Å². The van der Waals surface area contributed by atoms with E-state index < -0.39 is 20.8 Å². The van der Waals surface area contributed by atoms with E-state index in [2.05, 4.69) is 12.3 Å². The topological polar surface area (TPSA) is 54.5 Å². The first-order valence-electron chi connectivity index (χ1n) is 11.1. The van der Waals surface area contributed by atoms with Gasteiger partial charge in [-0.1, -0.05) is 78.4 Å². The molecule has 4 nitrogen and oxygen atoms in total. The molecule has 180 valence electrons. The Hall–Kier alpha value is -3.28.